The molecular weight excluding hydrogens is 379 g/mol. The van der Waals surface area contributed by atoms with Crippen molar-refractivity contribution in [2.24, 2.45) is 17.8 Å². The molecule has 0 spiro atoms. The van der Waals surface area contributed by atoms with E-state index in [1.165, 1.54) is 0 Å². The van der Waals surface area contributed by atoms with Crippen molar-refractivity contribution in [3.05, 3.63) is 0 Å². The zero-order valence-corrected chi connectivity index (χ0v) is 14.7. The van der Waals surface area contributed by atoms with Gasteiger partial charge in [0.05, 0.1) is 0 Å². The molecule has 0 heterocycles. The topological polar surface area (TPSA) is 107 Å². The van der Waals surface area contributed by atoms with Gasteiger partial charge in [-0.1, -0.05) is 12.8 Å². The van der Waals surface area contributed by atoms with Crippen LogP contribution in [0.4, 0.5) is 13.2 Å². The molecule has 2 bridgehead atoms. The average molecular weight is 399 g/mol. The second-order valence-corrected chi connectivity index (χ2v) is 8.41. The van der Waals surface area contributed by atoms with E-state index in [0.717, 1.165) is 30.4 Å². The summed E-state index contributed by atoms with van der Waals surface area (Å²) in [7, 11) is -5.83. The van der Waals surface area contributed by atoms with Crippen molar-refractivity contribution in [2.45, 2.75) is 50.5 Å². The third kappa shape index (κ3) is 5.18. The Balaban J connectivity index is 1.74. The minimum Gasteiger partial charge on any atom is -0.456 e. The van der Waals surface area contributed by atoms with Crippen molar-refractivity contribution < 1.29 is 40.7 Å². The van der Waals surface area contributed by atoms with E-state index in [2.05, 4.69) is 4.74 Å². The Hall–Kier alpha value is -1.65. The average Bonchev–Trinajstić information content (AvgIpc) is 2.54. The smallest absolute Gasteiger partial charge is 0.456 e. The Morgan fingerprint density at radius 3 is 2.54 bits per heavy atom. The summed E-state index contributed by atoms with van der Waals surface area (Å²) < 4.78 is 63.1. The minimum atomic E-state index is -5.83. The molecule has 148 valence electrons. The molecule has 0 radical (unpaired) electrons. The van der Waals surface area contributed by atoms with Gasteiger partial charge in [-0.25, -0.2) is 4.72 Å². The number of Topliss-reactive ketones (excluding diaryl/α,β-unsaturated/α-hetero) is 1. The molecule has 2 saturated carbocycles. The lowest BCUT2D eigenvalue weighted by molar-refractivity contribution is -0.148. The number of alkyl halides is 3. The highest BCUT2D eigenvalue weighted by molar-refractivity contribution is 7.90. The van der Waals surface area contributed by atoms with Crippen LogP contribution in [0.2, 0.25) is 0 Å². The van der Waals surface area contributed by atoms with Crippen LogP contribution in [0.5, 0.6) is 0 Å². The zero-order valence-electron chi connectivity index (χ0n) is 13.9. The zero-order chi connectivity index (χ0) is 19.5. The first-order valence-electron chi connectivity index (χ1n) is 8.31. The van der Waals surface area contributed by atoms with Crippen LogP contribution in [0.1, 0.15) is 44.9 Å². The molecular formula is C15H20F3NO6S. The van der Waals surface area contributed by atoms with Crippen LogP contribution in [0.25, 0.3) is 0 Å². The second-order valence-electron chi connectivity index (χ2n) is 6.74. The molecule has 7 nitrogen and oxygen atoms in total. The SMILES string of the molecule is O=C(COC(=O)CCC1CC2CCCC(C2)C1=O)NS(=O)(=O)C(F)(F)F. The van der Waals surface area contributed by atoms with E-state index in [0.29, 0.717) is 12.3 Å². The van der Waals surface area contributed by atoms with Crippen LogP contribution in [-0.2, 0) is 29.1 Å². The molecule has 0 aliphatic heterocycles. The van der Waals surface area contributed by atoms with E-state index in [4.69, 9.17) is 0 Å². The first-order chi connectivity index (χ1) is 12.0. The van der Waals surface area contributed by atoms with Gasteiger partial charge in [-0.05, 0) is 31.6 Å². The van der Waals surface area contributed by atoms with Crippen LogP contribution in [0, 0.1) is 17.8 Å². The lowest BCUT2D eigenvalue weighted by Gasteiger charge is -2.37. The Morgan fingerprint density at radius 2 is 1.88 bits per heavy atom. The molecule has 0 aromatic rings. The lowest BCUT2D eigenvalue weighted by atomic mass is 9.66. The number of sulfonamides is 1. The van der Waals surface area contributed by atoms with Gasteiger partial charge >= 0.3 is 21.5 Å². The van der Waals surface area contributed by atoms with E-state index >= 15 is 0 Å². The highest BCUT2D eigenvalue weighted by Crippen LogP contribution is 2.41. The Labute approximate surface area is 148 Å². The summed E-state index contributed by atoms with van der Waals surface area (Å²) in [5, 5.41) is 0. The van der Waals surface area contributed by atoms with Gasteiger partial charge in [0.2, 0.25) is 0 Å². The highest BCUT2D eigenvalue weighted by atomic mass is 32.2. The standard InChI is InChI=1S/C15H20F3NO6S/c16-15(17,18)26(23,24)19-12(20)8-25-13(21)5-4-11-7-9-2-1-3-10(6-9)14(11)22/h9-11H,1-8H2,(H,19,20). The van der Waals surface area contributed by atoms with Gasteiger partial charge in [0.25, 0.3) is 5.91 Å². The normalized spacial score (nSPS) is 26.3. The maximum absolute atomic E-state index is 12.3. The monoisotopic (exact) mass is 399 g/mol. The quantitative estimate of drug-likeness (QED) is 0.681. The van der Waals surface area contributed by atoms with Crippen molar-refractivity contribution in [1.82, 2.24) is 4.72 Å². The number of carbonyl (C=O) groups excluding carboxylic acids is 3. The van der Waals surface area contributed by atoms with Crippen molar-refractivity contribution in [3.8, 4) is 0 Å². The van der Waals surface area contributed by atoms with E-state index in [1.807, 2.05) is 0 Å². The number of ether oxygens (including phenoxy) is 1. The van der Waals surface area contributed by atoms with Gasteiger partial charge in [-0.2, -0.15) is 21.6 Å². The maximum atomic E-state index is 12.3. The van der Waals surface area contributed by atoms with E-state index in [1.54, 1.807) is 0 Å². The summed E-state index contributed by atoms with van der Waals surface area (Å²) in [6, 6.07) is 0. The molecule has 2 aliphatic carbocycles. The molecule has 1 amide bonds. The maximum Gasteiger partial charge on any atom is 0.516 e. The molecule has 0 aromatic heterocycles. The third-order valence-corrected chi connectivity index (χ3v) is 5.93. The summed E-state index contributed by atoms with van der Waals surface area (Å²) in [6.07, 6.45) is 4.68. The Kier molecular flexibility index (Phi) is 6.30. The largest absolute Gasteiger partial charge is 0.516 e. The fourth-order valence-corrected chi connectivity index (χ4v) is 4.10. The predicted octanol–water partition coefficient (Wildman–Crippen LogP) is 1.67. The first kappa shape index (κ1) is 20.7. The van der Waals surface area contributed by atoms with Crippen LogP contribution >= 0.6 is 0 Å². The molecule has 3 unspecified atom stereocenters. The molecule has 2 fully saturated rings. The molecule has 1 N–H and O–H groups in total. The van der Waals surface area contributed by atoms with Crippen LogP contribution in [0.15, 0.2) is 0 Å². The van der Waals surface area contributed by atoms with E-state index in [9.17, 15) is 36.0 Å². The number of esters is 1. The Bertz CT molecular complexity index is 675. The van der Waals surface area contributed by atoms with Gasteiger partial charge in [-0.15, -0.1) is 0 Å². The summed E-state index contributed by atoms with van der Waals surface area (Å²) in [5.74, 6) is -2.05. The first-order valence-corrected chi connectivity index (χ1v) is 9.79. The number of carbonyl (C=O) groups is 3. The number of rotatable bonds is 6. The summed E-state index contributed by atoms with van der Waals surface area (Å²) >= 11 is 0. The van der Waals surface area contributed by atoms with Gasteiger partial charge < -0.3 is 4.74 Å². The number of hydrogen-bond donors (Lipinski definition) is 1. The summed E-state index contributed by atoms with van der Waals surface area (Å²) in [6.45, 7) is -1.14. The number of amides is 1. The number of fused-ring (bicyclic) bond motifs is 2. The van der Waals surface area contributed by atoms with Gasteiger partial charge in [0.15, 0.2) is 6.61 Å². The second kappa shape index (κ2) is 7.93. The van der Waals surface area contributed by atoms with Crippen molar-refractivity contribution in [2.75, 3.05) is 6.61 Å². The number of halogens is 3. The molecule has 26 heavy (non-hydrogen) atoms. The third-order valence-electron chi connectivity index (χ3n) is 4.82. The van der Waals surface area contributed by atoms with Crippen LogP contribution < -0.4 is 4.72 Å². The summed E-state index contributed by atoms with van der Waals surface area (Å²) in [5.41, 5.74) is -5.63. The summed E-state index contributed by atoms with van der Waals surface area (Å²) in [4.78, 5) is 35.1. The fourth-order valence-electron chi connectivity index (χ4n) is 3.62. The van der Waals surface area contributed by atoms with Gasteiger partial charge in [-0.3, -0.25) is 14.4 Å². The van der Waals surface area contributed by atoms with Crippen LogP contribution in [-0.4, -0.2) is 38.2 Å². The predicted molar refractivity (Wildman–Crippen MR) is 81.9 cm³/mol. The Morgan fingerprint density at radius 1 is 1.19 bits per heavy atom. The number of ketones is 1. The molecule has 3 atom stereocenters. The molecule has 11 heteroatoms. The molecule has 0 saturated heterocycles. The van der Waals surface area contributed by atoms with Gasteiger partial charge in [0.1, 0.15) is 5.78 Å². The van der Waals surface area contributed by atoms with Crippen LogP contribution in [0.3, 0.4) is 0 Å². The lowest BCUT2D eigenvalue weighted by Crippen LogP contribution is -2.42. The van der Waals surface area contributed by atoms with Gasteiger partial charge in [0, 0.05) is 18.3 Å². The molecule has 2 aliphatic rings. The van der Waals surface area contributed by atoms with Crippen molar-refractivity contribution in [3.63, 3.8) is 0 Å². The fraction of sp³-hybridized carbons (Fsp3) is 0.800. The molecule has 0 aromatic carbocycles. The number of hydrogen-bond acceptors (Lipinski definition) is 6. The van der Waals surface area contributed by atoms with Crippen molar-refractivity contribution >= 4 is 27.7 Å². The highest BCUT2D eigenvalue weighted by Gasteiger charge is 2.47. The minimum absolute atomic E-state index is 0.0434. The van der Waals surface area contributed by atoms with Crippen molar-refractivity contribution in [1.29, 1.82) is 0 Å². The molecule has 2 rings (SSSR count). The number of nitrogens with one attached hydrogen (secondary N) is 1. The van der Waals surface area contributed by atoms with E-state index < -0.39 is 34.0 Å². The van der Waals surface area contributed by atoms with E-state index in [-0.39, 0.29) is 30.5 Å².